The molecule has 3 atom stereocenters. The number of aromatic hydroxyl groups is 1. The van der Waals surface area contributed by atoms with Gasteiger partial charge in [-0.1, -0.05) is 0 Å². The number of phenols is 1. The number of nitrogens with one attached hydrogen (secondary N) is 2. The molecule has 2 saturated heterocycles. The maximum absolute atomic E-state index is 11.9. The van der Waals surface area contributed by atoms with Crippen molar-refractivity contribution in [2.24, 2.45) is 0 Å². The van der Waals surface area contributed by atoms with Crippen molar-refractivity contribution < 1.29 is 24.5 Å². The van der Waals surface area contributed by atoms with E-state index in [1.807, 2.05) is 0 Å². The van der Waals surface area contributed by atoms with E-state index in [1.54, 1.807) is 0 Å². The van der Waals surface area contributed by atoms with Gasteiger partial charge in [0, 0.05) is 11.8 Å². The number of fused-ring (bicyclic) bond motifs is 2. The Morgan fingerprint density at radius 3 is 2.67 bits per heavy atom. The van der Waals surface area contributed by atoms with Crippen LogP contribution in [0, 0.1) is 0 Å². The van der Waals surface area contributed by atoms with E-state index in [-0.39, 0.29) is 29.6 Å². The highest BCUT2D eigenvalue weighted by atomic mass is 16.5. The van der Waals surface area contributed by atoms with Gasteiger partial charge >= 0.3 is 12.0 Å². The molecule has 2 aliphatic rings. The summed E-state index contributed by atoms with van der Waals surface area (Å²) in [6.45, 7) is 0. The minimum atomic E-state index is -1.22. The Hall–Kier alpha value is -2.28. The second-order valence-corrected chi connectivity index (χ2v) is 5.35. The third-order valence-corrected chi connectivity index (χ3v) is 3.91. The average Bonchev–Trinajstić information content (AvgIpc) is 3.00. The van der Waals surface area contributed by atoms with E-state index in [2.05, 4.69) is 10.6 Å². The summed E-state index contributed by atoms with van der Waals surface area (Å²) in [5.74, 6) is -1.61. The molecule has 3 unspecified atom stereocenters. The van der Waals surface area contributed by atoms with Crippen molar-refractivity contribution in [2.45, 2.75) is 37.5 Å². The molecule has 2 aliphatic heterocycles. The quantitative estimate of drug-likeness (QED) is 0.675. The molecule has 0 spiro atoms. The molecule has 2 bridgehead atoms. The van der Waals surface area contributed by atoms with Crippen molar-refractivity contribution in [3.8, 4) is 5.75 Å². The van der Waals surface area contributed by atoms with Crippen LogP contribution in [0.2, 0.25) is 0 Å². The molecule has 0 aliphatic carbocycles. The summed E-state index contributed by atoms with van der Waals surface area (Å²) >= 11 is 0. The third-order valence-electron chi connectivity index (χ3n) is 3.91. The SMILES string of the molecule is O=C(Nc1ccc(C(=O)O)c(O)c1)NC1CC2CCC1O2. The molecule has 7 nitrogen and oxygen atoms in total. The molecule has 3 rings (SSSR count). The standard InChI is InChI=1S/C14H16N2O5/c17-11-5-7(1-3-9(11)13(18)19)15-14(20)16-10-6-8-2-4-12(10)21-8/h1,3,5,8,10,12,17H,2,4,6H2,(H,18,19)(H2,15,16,20). The van der Waals surface area contributed by atoms with Crippen LogP contribution < -0.4 is 10.6 Å². The lowest BCUT2D eigenvalue weighted by molar-refractivity contribution is 0.0693. The second-order valence-electron chi connectivity index (χ2n) is 5.35. The molecule has 1 aromatic rings. The smallest absolute Gasteiger partial charge is 0.339 e. The summed E-state index contributed by atoms with van der Waals surface area (Å²) < 4.78 is 5.65. The Balaban J connectivity index is 1.60. The Kier molecular flexibility index (Phi) is 3.42. The lowest BCUT2D eigenvalue weighted by atomic mass is 9.96. The van der Waals surface area contributed by atoms with E-state index in [9.17, 15) is 14.7 Å². The minimum Gasteiger partial charge on any atom is -0.507 e. The highest BCUT2D eigenvalue weighted by molar-refractivity contribution is 5.94. The third kappa shape index (κ3) is 2.78. The number of hydrogen-bond acceptors (Lipinski definition) is 4. The topological polar surface area (TPSA) is 108 Å². The molecule has 0 radical (unpaired) electrons. The van der Waals surface area contributed by atoms with Gasteiger partial charge in [0.25, 0.3) is 0 Å². The fraction of sp³-hybridized carbons (Fsp3) is 0.429. The molecule has 21 heavy (non-hydrogen) atoms. The summed E-state index contributed by atoms with van der Waals surface area (Å²) in [4.78, 5) is 22.7. The van der Waals surface area contributed by atoms with Crippen LogP contribution in [-0.2, 0) is 4.74 Å². The molecule has 0 saturated carbocycles. The molecule has 0 aromatic heterocycles. The van der Waals surface area contributed by atoms with Gasteiger partial charge in [0.05, 0.1) is 18.2 Å². The van der Waals surface area contributed by atoms with Gasteiger partial charge in [0.15, 0.2) is 0 Å². The minimum absolute atomic E-state index is 0.00985. The van der Waals surface area contributed by atoms with Gasteiger partial charge in [-0.3, -0.25) is 0 Å². The summed E-state index contributed by atoms with van der Waals surface area (Å²) in [6, 6.07) is 3.50. The van der Waals surface area contributed by atoms with Gasteiger partial charge in [-0.15, -0.1) is 0 Å². The first kappa shape index (κ1) is 13.7. The average molecular weight is 292 g/mol. The number of carboxylic acid groups (broad SMARTS) is 1. The highest BCUT2D eigenvalue weighted by Gasteiger charge is 2.41. The zero-order chi connectivity index (χ0) is 15.0. The van der Waals surface area contributed by atoms with E-state index in [0.717, 1.165) is 19.3 Å². The molecular formula is C14H16N2O5. The van der Waals surface area contributed by atoms with Crippen LogP contribution in [0.3, 0.4) is 0 Å². The van der Waals surface area contributed by atoms with E-state index >= 15 is 0 Å². The number of carbonyl (C=O) groups is 2. The van der Waals surface area contributed by atoms with Gasteiger partial charge in [-0.25, -0.2) is 9.59 Å². The lowest BCUT2D eigenvalue weighted by Gasteiger charge is -2.20. The maximum Gasteiger partial charge on any atom is 0.339 e. The van der Waals surface area contributed by atoms with Crippen molar-refractivity contribution in [3.05, 3.63) is 23.8 Å². The van der Waals surface area contributed by atoms with Gasteiger partial charge < -0.3 is 25.6 Å². The van der Waals surface area contributed by atoms with E-state index in [4.69, 9.17) is 9.84 Å². The Morgan fingerprint density at radius 1 is 1.29 bits per heavy atom. The second kappa shape index (κ2) is 5.25. The monoisotopic (exact) mass is 292 g/mol. The molecule has 2 amide bonds. The van der Waals surface area contributed by atoms with Crippen LogP contribution in [0.25, 0.3) is 0 Å². The van der Waals surface area contributed by atoms with Crippen LogP contribution in [0.15, 0.2) is 18.2 Å². The highest BCUT2D eigenvalue weighted by Crippen LogP contribution is 2.34. The van der Waals surface area contributed by atoms with Crippen molar-refractivity contribution in [3.63, 3.8) is 0 Å². The van der Waals surface area contributed by atoms with Crippen LogP contribution in [0.4, 0.5) is 10.5 Å². The zero-order valence-corrected chi connectivity index (χ0v) is 11.2. The Morgan fingerprint density at radius 2 is 2.10 bits per heavy atom. The Labute approximate surface area is 120 Å². The first-order valence-corrected chi connectivity index (χ1v) is 6.82. The van der Waals surface area contributed by atoms with E-state index in [1.165, 1.54) is 18.2 Å². The first-order chi connectivity index (χ1) is 10.0. The summed E-state index contributed by atoms with van der Waals surface area (Å²) in [5, 5.41) is 23.8. The van der Waals surface area contributed by atoms with Gasteiger partial charge in [0.1, 0.15) is 11.3 Å². The molecule has 2 heterocycles. The van der Waals surface area contributed by atoms with Gasteiger partial charge in [0.2, 0.25) is 0 Å². The summed E-state index contributed by atoms with van der Waals surface area (Å²) in [5.41, 5.74) is 0.126. The van der Waals surface area contributed by atoms with Crippen LogP contribution in [-0.4, -0.2) is 40.5 Å². The molecular weight excluding hydrogens is 276 g/mol. The first-order valence-electron chi connectivity index (χ1n) is 6.82. The summed E-state index contributed by atoms with van der Waals surface area (Å²) in [7, 11) is 0. The molecule has 4 N–H and O–H groups in total. The van der Waals surface area contributed by atoms with Crippen molar-refractivity contribution in [2.75, 3.05) is 5.32 Å². The van der Waals surface area contributed by atoms with Crippen molar-refractivity contribution >= 4 is 17.7 Å². The van der Waals surface area contributed by atoms with Gasteiger partial charge in [-0.2, -0.15) is 0 Å². The number of aromatic carboxylic acids is 1. The van der Waals surface area contributed by atoms with Crippen molar-refractivity contribution in [1.82, 2.24) is 5.32 Å². The van der Waals surface area contributed by atoms with Crippen LogP contribution in [0.1, 0.15) is 29.6 Å². The summed E-state index contributed by atoms with van der Waals surface area (Å²) in [6.07, 6.45) is 3.17. The number of rotatable bonds is 3. The maximum atomic E-state index is 11.9. The van der Waals surface area contributed by atoms with Crippen molar-refractivity contribution in [1.29, 1.82) is 0 Å². The number of benzene rings is 1. The number of amides is 2. The number of urea groups is 1. The largest absolute Gasteiger partial charge is 0.507 e. The van der Waals surface area contributed by atoms with Crippen LogP contribution >= 0.6 is 0 Å². The Bertz CT molecular complexity index is 589. The van der Waals surface area contributed by atoms with E-state index < -0.39 is 12.0 Å². The fourth-order valence-electron chi connectivity index (χ4n) is 2.92. The normalized spacial score (nSPS) is 26.6. The molecule has 7 heteroatoms. The molecule has 112 valence electrons. The van der Waals surface area contributed by atoms with Gasteiger partial charge in [-0.05, 0) is 31.4 Å². The molecule has 1 aromatic carbocycles. The predicted octanol–water partition coefficient (Wildman–Crippen LogP) is 1.53. The fourth-order valence-corrected chi connectivity index (χ4v) is 2.92. The van der Waals surface area contributed by atoms with Crippen LogP contribution in [0.5, 0.6) is 5.75 Å². The van der Waals surface area contributed by atoms with E-state index in [0.29, 0.717) is 5.69 Å². The number of hydrogen-bond donors (Lipinski definition) is 4. The predicted molar refractivity (Wildman–Crippen MR) is 73.5 cm³/mol. The number of carboxylic acids is 1. The zero-order valence-electron chi connectivity index (χ0n) is 11.2. The number of carbonyl (C=O) groups excluding carboxylic acids is 1. The lowest BCUT2D eigenvalue weighted by Crippen LogP contribution is -2.43. The molecule has 2 fully saturated rings. The number of ether oxygens (including phenoxy) is 1. The number of anilines is 1.